The fraction of sp³-hybridized carbons (Fsp3) is 0.143. The first-order valence-corrected chi connectivity index (χ1v) is 7.39. The number of aryl methyl sites for hydroxylation is 1. The minimum absolute atomic E-state index is 0.112. The van der Waals surface area contributed by atoms with Crippen molar-refractivity contribution in [2.24, 2.45) is 5.84 Å². The Labute approximate surface area is 132 Å². The quantitative estimate of drug-likeness (QED) is 0.452. The first-order valence-electron chi connectivity index (χ1n) is 5.80. The number of hydrazine groups is 1. The van der Waals surface area contributed by atoms with Gasteiger partial charge in [0.25, 0.3) is 0 Å². The standard InChI is InChI=1S/C14H12Br2F2N2/c1-7-4-8(6-9(15)5-7)14(20-19)12-11(17)3-2-10(16)13(12)18/h2-6,14,20H,19H2,1H3. The van der Waals surface area contributed by atoms with Gasteiger partial charge in [-0.15, -0.1) is 0 Å². The summed E-state index contributed by atoms with van der Waals surface area (Å²) in [7, 11) is 0. The van der Waals surface area contributed by atoms with Gasteiger partial charge in [-0.1, -0.05) is 22.0 Å². The fourth-order valence-electron chi connectivity index (χ4n) is 2.08. The maximum Gasteiger partial charge on any atom is 0.145 e. The Bertz CT molecular complexity index is 627. The van der Waals surface area contributed by atoms with E-state index in [1.54, 1.807) is 6.07 Å². The van der Waals surface area contributed by atoms with Crippen molar-refractivity contribution in [2.45, 2.75) is 13.0 Å². The first-order chi connectivity index (χ1) is 9.43. The van der Waals surface area contributed by atoms with Crippen molar-refractivity contribution >= 4 is 31.9 Å². The Morgan fingerprint density at radius 2 is 1.85 bits per heavy atom. The smallest absolute Gasteiger partial charge is 0.145 e. The largest absolute Gasteiger partial charge is 0.271 e. The molecule has 0 aliphatic heterocycles. The van der Waals surface area contributed by atoms with E-state index in [-0.39, 0.29) is 10.0 Å². The molecule has 0 heterocycles. The van der Waals surface area contributed by atoms with Crippen molar-refractivity contribution < 1.29 is 8.78 Å². The van der Waals surface area contributed by atoms with Gasteiger partial charge in [0.15, 0.2) is 0 Å². The molecule has 2 aromatic carbocycles. The van der Waals surface area contributed by atoms with E-state index in [4.69, 9.17) is 5.84 Å². The van der Waals surface area contributed by atoms with Crippen molar-refractivity contribution in [3.63, 3.8) is 0 Å². The average molecular weight is 406 g/mol. The van der Waals surface area contributed by atoms with Crippen LogP contribution in [0, 0.1) is 18.6 Å². The van der Waals surface area contributed by atoms with Gasteiger partial charge in [0.1, 0.15) is 11.6 Å². The van der Waals surface area contributed by atoms with Gasteiger partial charge in [-0.05, 0) is 58.2 Å². The molecule has 2 nitrogen and oxygen atoms in total. The molecule has 3 N–H and O–H groups in total. The Morgan fingerprint density at radius 3 is 2.45 bits per heavy atom. The van der Waals surface area contributed by atoms with Crippen LogP contribution in [0.2, 0.25) is 0 Å². The molecule has 1 unspecified atom stereocenters. The summed E-state index contributed by atoms with van der Waals surface area (Å²) < 4.78 is 29.2. The number of benzene rings is 2. The SMILES string of the molecule is Cc1cc(Br)cc(C(NN)c2c(F)ccc(Br)c2F)c1. The second-order valence-electron chi connectivity index (χ2n) is 4.42. The zero-order valence-corrected chi connectivity index (χ0v) is 13.7. The lowest BCUT2D eigenvalue weighted by atomic mass is 9.97. The van der Waals surface area contributed by atoms with E-state index in [9.17, 15) is 8.78 Å². The van der Waals surface area contributed by atoms with Crippen molar-refractivity contribution in [2.75, 3.05) is 0 Å². The molecule has 0 amide bonds. The maximum atomic E-state index is 14.2. The van der Waals surface area contributed by atoms with E-state index >= 15 is 0 Å². The van der Waals surface area contributed by atoms with Crippen molar-refractivity contribution in [1.82, 2.24) is 5.43 Å². The molecule has 20 heavy (non-hydrogen) atoms. The molecular formula is C14H12Br2F2N2. The normalized spacial score (nSPS) is 12.5. The first kappa shape index (κ1) is 15.6. The minimum atomic E-state index is -0.774. The minimum Gasteiger partial charge on any atom is -0.271 e. The zero-order valence-electron chi connectivity index (χ0n) is 10.6. The number of halogens is 4. The van der Waals surface area contributed by atoms with E-state index in [0.29, 0.717) is 5.56 Å². The molecule has 2 rings (SSSR count). The molecule has 0 spiro atoms. The van der Waals surface area contributed by atoms with Gasteiger partial charge in [-0.2, -0.15) is 0 Å². The second-order valence-corrected chi connectivity index (χ2v) is 6.19. The van der Waals surface area contributed by atoms with E-state index in [1.807, 2.05) is 19.1 Å². The summed E-state index contributed by atoms with van der Waals surface area (Å²) in [6.45, 7) is 1.90. The molecule has 106 valence electrons. The van der Waals surface area contributed by atoms with Gasteiger partial charge < -0.3 is 0 Å². The molecule has 0 aliphatic rings. The van der Waals surface area contributed by atoms with Gasteiger partial charge in [0.2, 0.25) is 0 Å². The van der Waals surface area contributed by atoms with Crippen LogP contribution < -0.4 is 11.3 Å². The highest BCUT2D eigenvalue weighted by molar-refractivity contribution is 9.10. The average Bonchev–Trinajstić information content (AvgIpc) is 2.38. The number of nitrogens with two attached hydrogens (primary N) is 1. The summed E-state index contributed by atoms with van der Waals surface area (Å²) in [4.78, 5) is 0. The Morgan fingerprint density at radius 1 is 1.15 bits per heavy atom. The molecule has 1 atom stereocenters. The van der Waals surface area contributed by atoms with Crippen molar-refractivity contribution in [1.29, 1.82) is 0 Å². The predicted molar refractivity (Wildman–Crippen MR) is 82.1 cm³/mol. The lowest BCUT2D eigenvalue weighted by molar-refractivity contribution is 0.507. The third-order valence-electron chi connectivity index (χ3n) is 2.93. The maximum absolute atomic E-state index is 14.2. The molecule has 2 aromatic rings. The lowest BCUT2D eigenvalue weighted by Gasteiger charge is -2.19. The van der Waals surface area contributed by atoms with Gasteiger partial charge in [0.05, 0.1) is 10.5 Å². The van der Waals surface area contributed by atoms with Crippen LogP contribution in [-0.4, -0.2) is 0 Å². The van der Waals surface area contributed by atoms with Crippen molar-refractivity contribution in [3.05, 3.63) is 67.6 Å². The Kier molecular flexibility index (Phi) is 4.90. The van der Waals surface area contributed by atoms with Gasteiger partial charge in [-0.3, -0.25) is 5.84 Å². The van der Waals surface area contributed by atoms with Crippen LogP contribution in [0.5, 0.6) is 0 Å². The summed E-state index contributed by atoms with van der Waals surface area (Å²) in [5.41, 5.74) is 4.00. The predicted octanol–water partition coefficient (Wildman–Crippen LogP) is 4.35. The molecule has 0 radical (unpaired) electrons. The highest BCUT2D eigenvalue weighted by Gasteiger charge is 2.23. The number of nitrogens with one attached hydrogen (secondary N) is 1. The van der Waals surface area contributed by atoms with Crippen LogP contribution in [-0.2, 0) is 0 Å². The van der Waals surface area contributed by atoms with E-state index in [2.05, 4.69) is 37.3 Å². The summed E-state index contributed by atoms with van der Waals surface area (Å²) in [6, 6.07) is 7.27. The van der Waals surface area contributed by atoms with Crippen LogP contribution in [0.15, 0.2) is 39.3 Å². The van der Waals surface area contributed by atoms with Crippen LogP contribution >= 0.6 is 31.9 Å². The van der Waals surface area contributed by atoms with Gasteiger partial charge in [-0.25, -0.2) is 14.2 Å². The van der Waals surface area contributed by atoms with E-state index in [0.717, 1.165) is 10.0 Å². The van der Waals surface area contributed by atoms with Crippen LogP contribution in [0.1, 0.15) is 22.7 Å². The molecule has 0 fully saturated rings. The molecular weight excluding hydrogens is 394 g/mol. The highest BCUT2D eigenvalue weighted by Crippen LogP contribution is 2.31. The third kappa shape index (κ3) is 3.09. The molecule has 0 aliphatic carbocycles. The van der Waals surface area contributed by atoms with Gasteiger partial charge >= 0.3 is 0 Å². The van der Waals surface area contributed by atoms with Crippen LogP contribution in [0.4, 0.5) is 8.78 Å². The summed E-state index contributed by atoms with van der Waals surface area (Å²) >= 11 is 6.43. The summed E-state index contributed by atoms with van der Waals surface area (Å²) in [6.07, 6.45) is 0. The monoisotopic (exact) mass is 404 g/mol. The lowest BCUT2D eigenvalue weighted by Crippen LogP contribution is -2.30. The highest BCUT2D eigenvalue weighted by atomic mass is 79.9. The molecule has 0 saturated carbocycles. The molecule has 6 heteroatoms. The van der Waals surface area contributed by atoms with Crippen LogP contribution in [0.25, 0.3) is 0 Å². The van der Waals surface area contributed by atoms with E-state index < -0.39 is 17.7 Å². The van der Waals surface area contributed by atoms with Gasteiger partial charge in [0, 0.05) is 10.0 Å². The zero-order chi connectivity index (χ0) is 14.9. The Balaban J connectivity index is 2.61. The van der Waals surface area contributed by atoms with Crippen LogP contribution in [0.3, 0.4) is 0 Å². The van der Waals surface area contributed by atoms with E-state index in [1.165, 1.54) is 12.1 Å². The Hall–Kier alpha value is -0.820. The third-order valence-corrected chi connectivity index (χ3v) is 4.00. The summed E-state index contributed by atoms with van der Waals surface area (Å²) in [5.74, 6) is 4.20. The molecule has 0 saturated heterocycles. The number of hydrogen-bond acceptors (Lipinski definition) is 2. The fourth-order valence-corrected chi connectivity index (χ4v) is 3.06. The molecule has 0 aromatic heterocycles. The number of rotatable bonds is 3. The van der Waals surface area contributed by atoms with Crippen molar-refractivity contribution in [3.8, 4) is 0 Å². The summed E-state index contributed by atoms with van der Waals surface area (Å²) in [5, 5.41) is 0. The topological polar surface area (TPSA) is 38.0 Å². The number of hydrogen-bond donors (Lipinski definition) is 2. The molecule has 0 bridgehead atoms. The second kappa shape index (κ2) is 6.30.